The van der Waals surface area contributed by atoms with Gasteiger partial charge in [0.2, 0.25) is 0 Å². The molecule has 0 aliphatic rings. The van der Waals surface area contributed by atoms with Crippen molar-refractivity contribution in [3.05, 3.63) is 67.9 Å². The topological polar surface area (TPSA) is 55.2 Å². The number of benzene rings is 2. The van der Waals surface area contributed by atoms with Crippen molar-refractivity contribution in [2.24, 2.45) is 0 Å². The number of rotatable bonds is 4. The maximum atomic E-state index is 13.5. The van der Waals surface area contributed by atoms with E-state index < -0.39 is 10.7 Å². The highest BCUT2D eigenvalue weighted by molar-refractivity contribution is 6.31. The van der Waals surface area contributed by atoms with Crippen LogP contribution in [0.15, 0.2) is 36.4 Å². The summed E-state index contributed by atoms with van der Waals surface area (Å²) in [5.41, 5.74) is 0.794. The summed E-state index contributed by atoms with van der Waals surface area (Å²) in [6.45, 7) is 1.76. The van der Waals surface area contributed by atoms with Gasteiger partial charge in [0.1, 0.15) is 11.5 Å². The van der Waals surface area contributed by atoms with Gasteiger partial charge in [-0.25, -0.2) is 4.39 Å². The van der Waals surface area contributed by atoms with Crippen LogP contribution in [0.4, 0.5) is 15.8 Å². The molecule has 1 unspecified atom stereocenters. The maximum absolute atomic E-state index is 13.5. The number of nitro groups is 1. The lowest BCUT2D eigenvalue weighted by Crippen LogP contribution is -2.08. The van der Waals surface area contributed by atoms with Crippen LogP contribution in [0.5, 0.6) is 0 Å². The Hall–Kier alpha value is -1.85. The Kier molecular flexibility index (Phi) is 4.65. The molecule has 0 aromatic heterocycles. The zero-order valence-corrected chi connectivity index (χ0v) is 12.5. The number of nitrogens with one attached hydrogen (secondary N) is 1. The van der Waals surface area contributed by atoms with Crippen LogP contribution in [0.1, 0.15) is 18.5 Å². The van der Waals surface area contributed by atoms with Gasteiger partial charge in [-0.05, 0) is 36.8 Å². The lowest BCUT2D eigenvalue weighted by atomic mass is 10.1. The highest BCUT2D eigenvalue weighted by Gasteiger charge is 2.17. The van der Waals surface area contributed by atoms with Crippen molar-refractivity contribution in [1.82, 2.24) is 0 Å². The molecule has 0 bridgehead atoms. The minimum atomic E-state index is -0.539. The number of hydrogen-bond donors (Lipinski definition) is 1. The van der Waals surface area contributed by atoms with E-state index in [2.05, 4.69) is 5.32 Å². The van der Waals surface area contributed by atoms with Crippen molar-refractivity contribution in [3.63, 3.8) is 0 Å². The Morgan fingerprint density at radius 1 is 1.24 bits per heavy atom. The summed E-state index contributed by atoms with van der Waals surface area (Å²) < 4.78 is 13.5. The number of halogens is 3. The van der Waals surface area contributed by atoms with Gasteiger partial charge in [0, 0.05) is 17.1 Å². The van der Waals surface area contributed by atoms with Crippen molar-refractivity contribution in [3.8, 4) is 0 Å². The molecule has 2 aromatic rings. The van der Waals surface area contributed by atoms with Gasteiger partial charge in [-0.1, -0.05) is 29.3 Å². The highest BCUT2D eigenvalue weighted by atomic mass is 35.5. The van der Waals surface area contributed by atoms with Crippen molar-refractivity contribution >= 4 is 34.6 Å². The fraction of sp³-hybridized carbons (Fsp3) is 0.143. The average molecular weight is 329 g/mol. The van der Waals surface area contributed by atoms with E-state index in [9.17, 15) is 14.5 Å². The van der Waals surface area contributed by atoms with E-state index in [1.807, 2.05) is 0 Å². The molecule has 0 fully saturated rings. The Balaban J connectivity index is 2.30. The third-order valence-corrected chi connectivity index (χ3v) is 3.51. The molecule has 2 aromatic carbocycles. The predicted octanol–water partition coefficient (Wildman–Crippen LogP) is 5.21. The zero-order chi connectivity index (χ0) is 15.6. The normalized spacial score (nSPS) is 12.0. The molecule has 4 nitrogen and oxygen atoms in total. The highest BCUT2D eigenvalue weighted by Crippen LogP contribution is 2.31. The molecule has 0 saturated heterocycles. The van der Waals surface area contributed by atoms with Crippen LogP contribution in [0.2, 0.25) is 10.0 Å². The van der Waals surface area contributed by atoms with Gasteiger partial charge >= 0.3 is 0 Å². The minimum Gasteiger partial charge on any atom is -0.373 e. The average Bonchev–Trinajstić information content (AvgIpc) is 2.41. The molecule has 1 N–H and O–H groups in total. The summed E-state index contributed by atoms with van der Waals surface area (Å²) in [6.07, 6.45) is 0. The van der Waals surface area contributed by atoms with Crippen molar-refractivity contribution in [2.45, 2.75) is 13.0 Å². The molecule has 21 heavy (non-hydrogen) atoms. The molecule has 1 atom stereocenters. The SMILES string of the molecule is CC(Nc1cc(Cl)ccc1[N+](=O)[O-])c1ccc(Cl)c(F)c1. The second-order valence-corrected chi connectivity index (χ2v) is 5.30. The van der Waals surface area contributed by atoms with Gasteiger partial charge in [-0.2, -0.15) is 0 Å². The van der Waals surface area contributed by atoms with Gasteiger partial charge in [0.05, 0.1) is 9.95 Å². The van der Waals surface area contributed by atoms with Crippen LogP contribution in [0, 0.1) is 15.9 Å². The molecule has 7 heteroatoms. The number of hydrogen-bond acceptors (Lipinski definition) is 3. The molecule has 0 spiro atoms. The molecule has 0 aliphatic carbocycles. The predicted molar refractivity (Wildman–Crippen MR) is 81.6 cm³/mol. The van der Waals surface area contributed by atoms with Gasteiger partial charge in [-0.3, -0.25) is 10.1 Å². The second-order valence-electron chi connectivity index (χ2n) is 4.46. The molecule has 0 amide bonds. The summed E-state index contributed by atoms with van der Waals surface area (Å²) in [6, 6.07) is 8.25. The molecule has 0 saturated carbocycles. The summed E-state index contributed by atoms with van der Waals surface area (Å²) in [5.74, 6) is -0.539. The maximum Gasteiger partial charge on any atom is 0.292 e. The van der Waals surface area contributed by atoms with E-state index >= 15 is 0 Å². The van der Waals surface area contributed by atoms with Crippen molar-refractivity contribution in [1.29, 1.82) is 0 Å². The Morgan fingerprint density at radius 3 is 2.57 bits per heavy atom. The minimum absolute atomic E-state index is 0.0275. The fourth-order valence-electron chi connectivity index (χ4n) is 1.88. The van der Waals surface area contributed by atoms with Gasteiger partial charge < -0.3 is 5.32 Å². The first-order valence-corrected chi connectivity index (χ1v) is 6.79. The number of nitro benzene ring substituents is 1. The summed E-state index contributed by atoms with van der Waals surface area (Å²) in [4.78, 5) is 10.5. The Bertz CT molecular complexity index is 695. The lowest BCUT2D eigenvalue weighted by Gasteiger charge is -2.16. The third-order valence-electron chi connectivity index (χ3n) is 2.97. The monoisotopic (exact) mass is 328 g/mol. The van der Waals surface area contributed by atoms with Crippen LogP contribution in [-0.4, -0.2) is 4.92 Å². The van der Waals surface area contributed by atoms with Gasteiger partial charge in [0.15, 0.2) is 0 Å². The molecule has 110 valence electrons. The van der Waals surface area contributed by atoms with Crippen LogP contribution in [0.3, 0.4) is 0 Å². The summed E-state index contributed by atoms with van der Waals surface area (Å²) in [5, 5.41) is 14.4. The van der Waals surface area contributed by atoms with E-state index in [0.717, 1.165) is 0 Å². The lowest BCUT2D eigenvalue weighted by molar-refractivity contribution is -0.384. The molecule has 2 rings (SSSR count). The largest absolute Gasteiger partial charge is 0.373 e. The number of anilines is 1. The fourth-order valence-corrected chi connectivity index (χ4v) is 2.17. The summed E-state index contributed by atoms with van der Waals surface area (Å²) in [7, 11) is 0. The standard InChI is InChI=1S/C14H11Cl2FN2O2/c1-8(9-2-4-11(16)12(17)6-9)18-13-7-10(15)3-5-14(13)19(20)21/h2-8,18H,1H3. The Labute approximate surface area is 130 Å². The van der Waals surface area contributed by atoms with Gasteiger partial charge in [0.25, 0.3) is 5.69 Å². The molecule has 0 aliphatic heterocycles. The molecular weight excluding hydrogens is 318 g/mol. The number of nitrogens with zero attached hydrogens (tertiary/aromatic N) is 1. The molecule has 0 heterocycles. The zero-order valence-electron chi connectivity index (χ0n) is 10.9. The first-order valence-electron chi connectivity index (χ1n) is 6.04. The quantitative estimate of drug-likeness (QED) is 0.618. The van der Waals surface area contributed by atoms with Gasteiger partial charge in [-0.15, -0.1) is 0 Å². The van der Waals surface area contributed by atoms with E-state index in [0.29, 0.717) is 10.6 Å². The van der Waals surface area contributed by atoms with Crippen LogP contribution in [0.25, 0.3) is 0 Å². The van der Waals surface area contributed by atoms with E-state index in [4.69, 9.17) is 23.2 Å². The third kappa shape index (κ3) is 3.62. The van der Waals surface area contributed by atoms with Crippen LogP contribution >= 0.6 is 23.2 Å². The van der Waals surface area contributed by atoms with Crippen molar-refractivity contribution in [2.75, 3.05) is 5.32 Å². The second kappa shape index (κ2) is 6.28. The van der Waals surface area contributed by atoms with E-state index in [-0.39, 0.29) is 22.4 Å². The van der Waals surface area contributed by atoms with Crippen LogP contribution in [-0.2, 0) is 0 Å². The first-order chi connectivity index (χ1) is 9.88. The Morgan fingerprint density at radius 2 is 1.95 bits per heavy atom. The smallest absolute Gasteiger partial charge is 0.292 e. The van der Waals surface area contributed by atoms with E-state index in [1.54, 1.807) is 13.0 Å². The molecular formula is C14H11Cl2FN2O2. The van der Waals surface area contributed by atoms with E-state index in [1.165, 1.54) is 30.3 Å². The van der Waals surface area contributed by atoms with Crippen molar-refractivity contribution < 1.29 is 9.31 Å². The molecule has 0 radical (unpaired) electrons. The summed E-state index contributed by atoms with van der Waals surface area (Å²) >= 11 is 11.5. The first kappa shape index (κ1) is 15.5. The van der Waals surface area contributed by atoms with Crippen LogP contribution < -0.4 is 5.32 Å².